The van der Waals surface area contributed by atoms with E-state index >= 15 is 0 Å². The van der Waals surface area contributed by atoms with E-state index in [9.17, 15) is 19.2 Å². The van der Waals surface area contributed by atoms with Gasteiger partial charge in [-0.1, -0.05) is 64.7 Å². The number of ether oxygens (including phenoxy) is 2. The molecule has 0 bridgehead atoms. The average molecular weight is 1060 g/mol. The molecule has 0 saturated heterocycles. The molecule has 0 aliphatic carbocycles. The Balaban J connectivity index is 0.000000210. The van der Waals surface area contributed by atoms with Crippen molar-refractivity contribution in [3.05, 3.63) is 124 Å². The van der Waals surface area contributed by atoms with Crippen LogP contribution in [0.1, 0.15) is 106 Å². The molecule has 2 aromatic carbocycles. The van der Waals surface area contributed by atoms with Gasteiger partial charge in [-0.05, 0) is 85.7 Å². The van der Waals surface area contributed by atoms with Crippen LogP contribution in [0.5, 0.6) is 11.5 Å². The van der Waals surface area contributed by atoms with Crippen molar-refractivity contribution >= 4 is 117 Å². The monoisotopic (exact) mass is 1050 g/mol. The number of carboxylic acid groups (broad SMARTS) is 1. The van der Waals surface area contributed by atoms with Gasteiger partial charge in [0.2, 0.25) is 5.91 Å². The van der Waals surface area contributed by atoms with Crippen LogP contribution in [-0.2, 0) is 33.3 Å². The molecule has 0 saturated carbocycles. The minimum Gasteiger partial charge on any atom is -0.487 e. The minimum absolute atomic E-state index is 0. The average Bonchev–Trinajstić information content (AvgIpc) is 4.12. The number of nitrogens with zero attached hydrogens (tertiary/aromatic N) is 2. The molecule has 11 nitrogen and oxygen atoms in total. The lowest BCUT2D eigenvalue weighted by molar-refractivity contribution is -0.131. The molecule has 1 amide bonds. The normalized spacial score (nSPS) is 15.0. The molecule has 2 unspecified atom stereocenters. The van der Waals surface area contributed by atoms with Gasteiger partial charge >= 0.3 is 5.97 Å². The second-order valence-electron chi connectivity index (χ2n) is 17.8. The first-order valence-corrected chi connectivity index (χ1v) is 25.3. The summed E-state index contributed by atoms with van der Waals surface area (Å²) in [5.41, 5.74) is 9.74. The van der Waals surface area contributed by atoms with Crippen molar-refractivity contribution in [3.8, 4) is 32.4 Å². The van der Waals surface area contributed by atoms with Gasteiger partial charge < -0.3 is 25.6 Å². The zero-order valence-corrected chi connectivity index (χ0v) is 44.3. The molecular formula is C50H53Cl3N4O7S4. The molecule has 8 rings (SSSR count). The van der Waals surface area contributed by atoms with Gasteiger partial charge in [0, 0.05) is 85.4 Å². The lowest BCUT2D eigenvalue weighted by Gasteiger charge is -2.13. The molecule has 6 aromatic rings. The van der Waals surface area contributed by atoms with E-state index in [1.165, 1.54) is 40.1 Å². The van der Waals surface area contributed by atoms with Crippen LogP contribution in [0.4, 0.5) is 0 Å². The molecule has 0 radical (unpaired) electrons. The number of amides is 1. The molecule has 0 fully saturated rings. The van der Waals surface area contributed by atoms with E-state index in [0.29, 0.717) is 35.3 Å². The lowest BCUT2D eigenvalue weighted by atomic mass is 9.98. The molecular weight excluding hydrogens is 1000 g/mol. The number of halogens is 3. The molecule has 4 aromatic heterocycles. The third kappa shape index (κ3) is 14.4. The number of carbonyl (C=O) groups excluding carboxylic acids is 3. The van der Waals surface area contributed by atoms with E-state index < -0.39 is 5.97 Å². The van der Waals surface area contributed by atoms with Gasteiger partial charge in [-0.2, -0.15) is 0 Å². The van der Waals surface area contributed by atoms with Gasteiger partial charge in [0.25, 0.3) is 0 Å². The fourth-order valence-electron chi connectivity index (χ4n) is 6.67. The van der Waals surface area contributed by atoms with E-state index in [1.54, 1.807) is 49.7 Å². The van der Waals surface area contributed by atoms with Crippen molar-refractivity contribution in [3.63, 3.8) is 0 Å². The highest BCUT2D eigenvalue weighted by Crippen LogP contribution is 2.42. The van der Waals surface area contributed by atoms with Gasteiger partial charge in [0.1, 0.15) is 23.7 Å². The third-order valence-electron chi connectivity index (χ3n) is 10.1. The molecule has 0 spiro atoms. The van der Waals surface area contributed by atoms with Crippen LogP contribution in [0.2, 0.25) is 10.0 Å². The predicted molar refractivity (Wildman–Crippen MR) is 282 cm³/mol. The topological polar surface area (TPSA) is 171 Å². The van der Waals surface area contributed by atoms with Crippen molar-refractivity contribution < 1.29 is 33.8 Å². The Kier molecular flexibility index (Phi) is 18.6. The van der Waals surface area contributed by atoms with Crippen molar-refractivity contribution in [1.29, 1.82) is 0 Å². The van der Waals surface area contributed by atoms with Crippen molar-refractivity contribution in [2.75, 3.05) is 13.1 Å². The second kappa shape index (κ2) is 23.3. The smallest absolute Gasteiger partial charge is 0.328 e. The molecule has 18 heteroatoms. The molecule has 360 valence electrons. The summed E-state index contributed by atoms with van der Waals surface area (Å²) >= 11 is 18.8. The van der Waals surface area contributed by atoms with Gasteiger partial charge in [-0.3, -0.25) is 14.4 Å². The number of nitrogens with two attached hydrogens (primary N) is 1. The highest BCUT2D eigenvalue weighted by molar-refractivity contribution is 7.17. The van der Waals surface area contributed by atoms with Gasteiger partial charge in [-0.25, -0.2) is 14.8 Å². The Morgan fingerprint density at radius 1 is 0.721 bits per heavy atom. The number of ketones is 2. The number of hydrogen-bond acceptors (Lipinski definition) is 13. The molecule has 2 aliphatic rings. The van der Waals surface area contributed by atoms with Gasteiger partial charge in [0.05, 0.1) is 36.4 Å². The lowest BCUT2D eigenvalue weighted by Crippen LogP contribution is -2.33. The van der Waals surface area contributed by atoms with E-state index in [0.717, 1.165) is 79.8 Å². The fourth-order valence-corrected chi connectivity index (χ4v) is 10.8. The molecule has 2 atom stereocenters. The summed E-state index contributed by atoms with van der Waals surface area (Å²) in [5, 5.41) is 14.5. The zero-order valence-electron chi connectivity index (χ0n) is 38.7. The fraction of sp³-hybridized carbons (Fsp3) is 0.320. The summed E-state index contributed by atoms with van der Waals surface area (Å²) in [4.78, 5) is 59.5. The van der Waals surface area contributed by atoms with Crippen LogP contribution in [-0.4, -0.2) is 63.8 Å². The largest absolute Gasteiger partial charge is 0.487 e. The summed E-state index contributed by atoms with van der Waals surface area (Å²) in [6.45, 7) is 16.6. The van der Waals surface area contributed by atoms with Crippen LogP contribution in [0.25, 0.3) is 33.0 Å². The number of thiazole rings is 2. The first-order chi connectivity index (χ1) is 31.6. The van der Waals surface area contributed by atoms with E-state index in [-0.39, 0.29) is 52.9 Å². The maximum atomic E-state index is 12.3. The second-order valence-corrected chi connectivity index (χ2v) is 22.9. The number of aliphatic carboxylic acids is 1. The van der Waals surface area contributed by atoms with Crippen molar-refractivity contribution in [2.45, 2.75) is 91.3 Å². The number of carboxylic acids is 1. The maximum absolute atomic E-state index is 12.3. The molecule has 2 aliphatic heterocycles. The SMILES string of the molecule is CC(=O)c1ccc(-c2cc(Cl)c3c(c2)CC(CN)O3)s1.CC(=O)c1ccc(-c2cc(Cl)c3c(c2)CC(CNC(=O)/C=C/c2cnc(C(C)(C)C)s2)O3)s1.CC(C)(C)c1ncc(/C=C/C(=O)O)s1.Cl. The Hall–Kier alpha value is -4.71. The Bertz CT molecular complexity index is 2850. The van der Waals surface area contributed by atoms with Crippen LogP contribution < -0.4 is 20.5 Å². The first kappa shape index (κ1) is 54.2. The first-order valence-electron chi connectivity index (χ1n) is 21.3. The number of carbonyl (C=O) groups is 4. The number of Topliss-reactive ketones (excluding diaryl/α,β-unsaturated/α-hetero) is 2. The van der Waals surface area contributed by atoms with E-state index in [1.807, 2.05) is 36.4 Å². The predicted octanol–water partition coefficient (Wildman–Crippen LogP) is 12.7. The summed E-state index contributed by atoms with van der Waals surface area (Å²) in [5.74, 6) is 0.432. The van der Waals surface area contributed by atoms with E-state index in [2.05, 4.69) is 69.0 Å². The van der Waals surface area contributed by atoms with E-state index in [4.69, 9.17) is 43.5 Å². The number of thiophene rings is 2. The highest BCUT2D eigenvalue weighted by atomic mass is 35.5. The van der Waals surface area contributed by atoms with Crippen molar-refractivity contribution in [1.82, 2.24) is 15.3 Å². The van der Waals surface area contributed by atoms with Crippen LogP contribution in [0.15, 0.2) is 73.1 Å². The quantitative estimate of drug-likeness (QED) is 0.0838. The summed E-state index contributed by atoms with van der Waals surface area (Å²) in [6.07, 6.45) is 10.7. The molecule has 68 heavy (non-hydrogen) atoms. The number of hydrogen-bond donors (Lipinski definition) is 3. The summed E-state index contributed by atoms with van der Waals surface area (Å²) < 4.78 is 11.7. The Morgan fingerprint density at radius 3 is 1.56 bits per heavy atom. The number of fused-ring (bicyclic) bond motifs is 2. The maximum Gasteiger partial charge on any atom is 0.328 e. The number of benzene rings is 2. The van der Waals surface area contributed by atoms with Crippen LogP contribution >= 0.6 is 81.0 Å². The Labute approximate surface area is 428 Å². The number of nitrogens with one attached hydrogen (secondary N) is 1. The number of rotatable bonds is 11. The summed E-state index contributed by atoms with van der Waals surface area (Å²) in [6, 6.07) is 15.4. The van der Waals surface area contributed by atoms with Crippen LogP contribution in [0.3, 0.4) is 0 Å². The standard InChI is InChI=1S/C25H25ClN2O3S2.C15H14ClNO2S.C10H13NO2S.ClH/c1-14(29)20-6-7-21(33-20)15-9-16-10-17(31-23(16)19(26)11-15)12-27-22(30)8-5-18-13-28-24(32-18)25(2,3)4;1-8(18)13-2-3-14(20-13)9-4-10-5-11(7-17)19-15(10)12(16)6-9;1-10(2,3)9-11-6-7(14-9)4-5-8(12)13;/h5-9,11,13,17H,10,12H2,1-4H3,(H,27,30);2-4,6,11H,5,7,17H2,1H3;4-6H,1-3H3,(H,12,13);1H/b8-5+;;5-4+;. The van der Waals surface area contributed by atoms with Crippen molar-refractivity contribution in [2.24, 2.45) is 5.73 Å². The highest BCUT2D eigenvalue weighted by Gasteiger charge is 2.28. The minimum atomic E-state index is -0.935. The zero-order chi connectivity index (χ0) is 48.8. The number of aromatic nitrogens is 2. The molecule has 4 N–H and O–H groups in total. The van der Waals surface area contributed by atoms with Crippen LogP contribution in [0, 0.1) is 0 Å². The molecule has 6 heterocycles. The summed E-state index contributed by atoms with van der Waals surface area (Å²) in [7, 11) is 0. The Morgan fingerprint density at radius 2 is 1.16 bits per heavy atom. The van der Waals surface area contributed by atoms with Gasteiger partial charge in [0.15, 0.2) is 11.6 Å². The van der Waals surface area contributed by atoms with Gasteiger partial charge in [-0.15, -0.1) is 57.8 Å². The third-order valence-corrected chi connectivity index (χ3v) is 15.9.